The van der Waals surface area contributed by atoms with Crippen LogP contribution in [-0.4, -0.2) is 170 Å². The fourth-order valence-electron chi connectivity index (χ4n) is 5.58. The van der Waals surface area contributed by atoms with E-state index in [1.165, 1.54) is 30.4 Å². The predicted molar refractivity (Wildman–Crippen MR) is 218 cm³/mol. The number of aliphatic hydroxyl groups excluding tert-OH is 3. The number of carbonyl (C=O) groups is 7. The molecule has 2 aliphatic rings. The number of anilines is 1. The quantitative estimate of drug-likeness (QED) is 0.0293. The van der Waals surface area contributed by atoms with E-state index >= 15 is 0 Å². The maximum Gasteiger partial charge on any atom is 0.335 e. The summed E-state index contributed by atoms with van der Waals surface area (Å²) in [6.07, 6.45) is -6.01. The van der Waals surface area contributed by atoms with E-state index in [9.17, 15) is 54.0 Å². The molecular weight excluding hydrogens is 836 g/mol. The number of rotatable bonds is 29. The smallest absolute Gasteiger partial charge is 0.335 e. The van der Waals surface area contributed by atoms with Crippen LogP contribution in [0.4, 0.5) is 5.69 Å². The van der Waals surface area contributed by atoms with Gasteiger partial charge in [0, 0.05) is 64.3 Å². The summed E-state index contributed by atoms with van der Waals surface area (Å²) in [5.41, 5.74) is -0.312. The standard InChI is InChI=1S/C41H60N4O18/c1-41(2,3)40(56)61-25-26-7-8-28(62-39-36(53)34(51)35(52)37(63-39)38(54)55)27(24-26)44-31(48)11-14-43-29(46)6-4-16-57-18-20-59-22-23-60-21-19-58-17-5-13-42-30(47)12-15-45-32(49)9-10-33(45)50/h7-10,24,34-37,39,51-53H,4-6,11-23,25H2,1-3H3,(H,42,47)(H,43,46)(H,44,48)(H,54,55)/t34-,35-,36+,37-,39+/m0/s1. The minimum atomic E-state index is -1.94. The number of aliphatic carboxylic acids is 1. The summed E-state index contributed by atoms with van der Waals surface area (Å²) in [7, 11) is 0. The van der Waals surface area contributed by atoms with E-state index in [-0.39, 0.29) is 62.2 Å². The van der Waals surface area contributed by atoms with Gasteiger partial charge in [0.25, 0.3) is 11.8 Å². The van der Waals surface area contributed by atoms with Crippen molar-refractivity contribution >= 4 is 47.2 Å². The number of hydrogen-bond donors (Lipinski definition) is 7. The van der Waals surface area contributed by atoms with Crippen LogP contribution in [0.15, 0.2) is 30.4 Å². The van der Waals surface area contributed by atoms with Gasteiger partial charge in [-0.1, -0.05) is 6.07 Å². The normalized spacial score (nSPS) is 19.8. The van der Waals surface area contributed by atoms with Crippen molar-refractivity contribution in [2.24, 2.45) is 5.41 Å². The Morgan fingerprint density at radius 1 is 0.714 bits per heavy atom. The second-order valence-corrected chi connectivity index (χ2v) is 15.3. The molecule has 2 aliphatic heterocycles. The summed E-state index contributed by atoms with van der Waals surface area (Å²) in [6.45, 7) is 8.12. The number of ether oxygens (including phenoxy) is 7. The molecule has 352 valence electrons. The van der Waals surface area contributed by atoms with Crippen molar-refractivity contribution in [3.63, 3.8) is 0 Å². The molecule has 0 bridgehead atoms. The van der Waals surface area contributed by atoms with E-state index in [4.69, 9.17) is 33.2 Å². The molecule has 5 atom stereocenters. The van der Waals surface area contributed by atoms with Crippen molar-refractivity contribution in [3.05, 3.63) is 35.9 Å². The molecule has 1 fully saturated rings. The van der Waals surface area contributed by atoms with Crippen LogP contribution in [0, 0.1) is 5.41 Å². The van der Waals surface area contributed by atoms with Gasteiger partial charge in [-0.2, -0.15) is 0 Å². The van der Waals surface area contributed by atoms with E-state index in [1.807, 2.05) is 0 Å². The van der Waals surface area contributed by atoms with E-state index in [1.54, 1.807) is 20.8 Å². The molecule has 3 rings (SSSR count). The maximum atomic E-state index is 12.9. The lowest BCUT2D eigenvalue weighted by atomic mass is 9.97. The number of esters is 1. The Hall–Kier alpha value is -5.07. The van der Waals surface area contributed by atoms with Crippen molar-refractivity contribution in [2.45, 2.75) is 90.2 Å². The number of carboxylic acids is 1. The SMILES string of the molecule is CC(C)(C)C(=O)OCc1ccc(O[C@@H]2O[C@H](C(=O)O)[C@@H](O)[C@H](O)[C@H]2O)c(NC(=O)CCNC(=O)CCCOCCOCCOCCOCCCNC(=O)CCN2C(=O)C=CC2=O)c1. The number of aliphatic hydroxyl groups is 3. The summed E-state index contributed by atoms with van der Waals surface area (Å²) < 4.78 is 38.1. The first-order valence-electron chi connectivity index (χ1n) is 20.5. The van der Waals surface area contributed by atoms with Gasteiger partial charge in [0.1, 0.15) is 30.7 Å². The van der Waals surface area contributed by atoms with Crippen molar-refractivity contribution in [2.75, 3.05) is 77.8 Å². The number of nitrogens with one attached hydrogen (secondary N) is 3. The summed E-state index contributed by atoms with van der Waals surface area (Å²) in [5, 5.41) is 48.0. The second-order valence-electron chi connectivity index (χ2n) is 15.3. The molecule has 0 radical (unpaired) electrons. The molecule has 1 aromatic carbocycles. The fraction of sp³-hybridized carbons (Fsp3) is 0.634. The molecule has 7 N–H and O–H groups in total. The third-order valence-corrected chi connectivity index (χ3v) is 9.09. The number of carbonyl (C=O) groups excluding carboxylic acids is 6. The summed E-state index contributed by atoms with van der Waals surface area (Å²) in [5.74, 6) is -4.14. The molecule has 1 aromatic rings. The van der Waals surface area contributed by atoms with Crippen LogP contribution < -0.4 is 20.7 Å². The molecule has 0 aromatic heterocycles. The molecule has 0 aliphatic carbocycles. The molecule has 63 heavy (non-hydrogen) atoms. The Balaban J connectivity index is 1.23. The topological polar surface area (TPSA) is 304 Å². The number of imide groups is 1. The zero-order valence-electron chi connectivity index (χ0n) is 35.7. The largest absolute Gasteiger partial charge is 0.479 e. The summed E-state index contributed by atoms with van der Waals surface area (Å²) in [4.78, 5) is 85.0. The van der Waals surface area contributed by atoms with Crippen molar-refractivity contribution < 1.29 is 87.1 Å². The highest BCUT2D eigenvalue weighted by atomic mass is 16.7. The summed E-state index contributed by atoms with van der Waals surface area (Å²) >= 11 is 0. The lowest BCUT2D eigenvalue weighted by molar-refractivity contribution is -0.271. The van der Waals surface area contributed by atoms with Crippen molar-refractivity contribution in [1.82, 2.24) is 15.5 Å². The molecule has 22 nitrogen and oxygen atoms in total. The van der Waals surface area contributed by atoms with Gasteiger partial charge in [-0.25, -0.2) is 4.79 Å². The van der Waals surface area contributed by atoms with Crippen LogP contribution in [-0.2, 0) is 68.6 Å². The lowest BCUT2D eigenvalue weighted by Gasteiger charge is -2.38. The van der Waals surface area contributed by atoms with E-state index in [2.05, 4.69) is 16.0 Å². The molecule has 0 unspecified atom stereocenters. The number of carboxylic acid groups (broad SMARTS) is 1. The first-order chi connectivity index (χ1) is 30.0. The fourth-order valence-corrected chi connectivity index (χ4v) is 5.58. The lowest BCUT2D eigenvalue weighted by Crippen LogP contribution is -2.61. The van der Waals surface area contributed by atoms with Gasteiger partial charge in [0.2, 0.25) is 24.0 Å². The minimum absolute atomic E-state index is 0.0181. The Labute approximate surface area is 364 Å². The van der Waals surface area contributed by atoms with Crippen molar-refractivity contribution in [3.8, 4) is 5.75 Å². The third kappa shape index (κ3) is 19.1. The number of amides is 5. The Bertz CT molecular complexity index is 1700. The summed E-state index contributed by atoms with van der Waals surface area (Å²) in [6, 6.07) is 4.28. The van der Waals surface area contributed by atoms with Crippen LogP contribution in [0.25, 0.3) is 0 Å². The van der Waals surface area contributed by atoms with Crippen molar-refractivity contribution in [1.29, 1.82) is 0 Å². The molecule has 22 heteroatoms. The van der Waals surface area contributed by atoms with Crippen LogP contribution >= 0.6 is 0 Å². The molecule has 1 saturated heterocycles. The minimum Gasteiger partial charge on any atom is -0.479 e. The van der Waals surface area contributed by atoms with E-state index in [0.717, 1.165) is 4.90 Å². The van der Waals surface area contributed by atoms with Crippen LogP contribution in [0.3, 0.4) is 0 Å². The van der Waals surface area contributed by atoms with Gasteiger partial charge < -0.3 is 69.5 Å². The van der Waals surface area contributed by atoms with Gasteiger partial charge in [-0.15, -0.1) is 0 Å². The molecule has 0 saturated carbocycles. The van der Waals surface area contributed by atoms with Gasteiger partial charge >= 0.3 is 11.9 Å². The first kappa shape index (κ1) is 52.3. The first-order valence-corrected chi connectivity index (χ1v) is 20.5. The monoisotopic (exact) mass is 896 g/mol. The maximum absolute atomic E-state index is 12.9. The highest BCUT2D eigenvalue weighted by Gasteiger charge is 2.48. The van der Waals surface area contributed by atoms with Crippen LogP contribution in [0.1, 0.15) is 58.4 Å². The molecule has 2 heterocycles. The Kier molecular flexibility index (Phi) is 22.6. The molecule has 0 spiro atoms. The van der Waals surface area contributed by atoms with Gasteiger partial charge in [-0.05, 0) is 51.3 Å². The van der Waals surface area contributed by atoms with Gasteiger partial charge in [0.05, 0.1) is 50.7 Å². The average molecular weight is 897 g/mol. The highest BCUT2D eigenvalue weighted by molar-refractivity contribution is 6.13. The number of nitrogens with zero attached hydrogens (tertiary/aromatic N) is 1. The highest BCUT2D eigenvalue weighted by Crippen LogP contribution is 2.31. The zero-order chi connectivity index (χ0) is 46.4. The predicted octanol–water partition coefficient (Wildman–Crippen LogP) is -0.840. The van der Waals surface area contributed by atoms with Crippen LogP contribution in [0.2, 0.25) is 0 Å². The number of benzene rings is 1. The average Bonchev–Trinajstić information content (AvgIpc) is 3.55. The zero-order valence-corrected chi connectivity index (χ0v) is 35.7. The number of hydrogen-bond acceptors (Lipinski definition) is 17. The van der Waals surface area contributed by atoms with E-state index < -0.39 is 65.8 Å². The Morgan fingerprint density at radius 2 is 1.29 bits per heavy atom. The molecular formula is C41H60N4O18. The third-order valence-electron chi connectivity index (χ3n) is 9.09. The van der Waals surface area contributed by atoms with Gasteiger partial charge in [0.15, 0.2) is 6.10 Å². The van der Waals surface area contributed by atoms with Gasteiger partial charge in [-0.3, -0.25) is 33.7 Å². The second kappa shape index (κ2) is 27.2. The Morgan fingerprint density at radius 3 is 1.89 bits per heavy atom. The molecule has 5 amide bonds. The van der Waals surface area contributed by atoms with E-state index in [0.29, 0.717) is 77.8 Å². The van der Waals surface area contributed by atoms with Crippen LogP contribution in [0.5, 0.6) is 5.75 Å².